The number of rotatable bonds is 4. The van der Waals surface area contributed by atoms with Gasteiger partial charge >= 0.3 is 0 Å². The van der Waals surface area contributed by atoms with Crippen LogP contribution < -0.4 is 5.32 Å². The van der Waals surface area contributed by atoms with Crippen LogP contribution in [0.1, 0.15) is 16.1 Å². The van der Waals surface area contributed by atoms with Gasteiger partial charge in [0.1, 0.15) is 5.69 Å². The first-order valence-electron chi connectivity index (χ1n) is 6.35. The van der Waals surface area contributed by atoms with Gasteiger partial charge in [-0.1, -0.05) is 34.4 Å². The number of halogens is 2. The maximum absolute atomic E-state index is 12.1. The Morgan fingerprint density at radius 1 is 1.23 bits per heavy atom. The molecule has 0 aliphatic carbocycles. The number of amides is 1. The Kier molecular flexibility index (Phi) is 4.47. The van der Waals surface area contributed by atoms with Crippen LogP contribution >= 0.6 is 34.5 Å². The SMILES string of the molecule is O=C(NCc1cc(-c2cccs2)on1)c1cc(Cl)cc(Cl)c1. The molecule has 4 nitrogen and oxygen atoms in total. The summed E-state index contributed by atoms with van der Waals surface area (Å²) in [4.78, 5) is 13.1. The minimum atomic E-state index is -0.273. The number of carbonyl (C=O) groups is 1. The summed E-state index contributed by atoms with van der Waals surface area (Å²) in [6.45, 7) is 0.262. The molecule has 3 aromatic rings. The summed E-state index contributed by atoms with van der Waals surface area (Å²) in [5.41, 5.74) is 1.05. The second-order valence-electron chi connectivity index (χ2n) is 4.50. The average Bonchev–Trinajstić information content (AvgIpc) is 3.14. The van der Waals surface area contributed by atoms with Crippen molar-refractivity contribution in [1.82, 2.24) is 10.5 Å². The Hall–Kier alpha value is -1.82. The van der Waals surface area contributed by atoms with E-state index >= 15 is 0 Å². The third-order valence-corrected chi connectivity index (χ3v) is 4.20. The van der Waals surface area contributed by atoms with Gasteiger partial charge in [0.2, 0.25) is 0 Å². The zero-order valence-corrected chi connectivity index (χ0v) is 13.5. The summed E-state index contributed by atoms with van der Waals surface area (Å²) in [5, 5.41) is 9.48. The van der Waals surface area contributed by atoms with E-state index in [2.05, 4.69) is 10.5 Å². The van der Waals surface area contributed by atoms with Crippen LogP contribution in [0, 0.1) is 0 Å². The fourth-order valence-electron chi connectivity index (χ4n) is 1.89. The molecular weight excluding hydrogens is 343 g/mol. The van der Waals surface area contributed by atoms with Crippen LogP contribution in [0.15, 0.2) is 46.3 Å². The number of hydrogen-bond acceptors (Lipinski definition) is 4. The van der Waals surface area contributed by atoms with Crippen molar-refractivity contribution in [2.24, 2.45) is 0 Å². The molecule has 0 aliphatic rings. The van der Waals surface area contributed by atoms with Crippen LogP contribution in [0.5, 0.6) is 0 Å². The van der Waals surface area contributed by atoms with Crippen molar-refractivity contribution < 1.29 is 9.32 Å². The Morgan fingerprint density at radius 2 is 2.00 bits per heavy atom. The molecule has 2 aromatic heterocycles. The van der Waals surface area contributed by atoms with Gasteiger partial charge in [0, 0.05) is 21.7 Å². The molecule has 112 valence electrons. The predicted octanol–water partition coefficient (Wildman–Crippen LogP) is 4.64. The minimum absolute atomic E-state index is 0.262. The monoisotopic (exact) mass is 352 g/mol. The molecule has 3 rings (SSSR count). The maximum atomic E-state index is 12.1. The number of hydrogen-bond donors (Lipinski definition) is 1. The van der Waals surface area contributed by atoms with Crippen LogP contribution in [0.25, 0.3) is 10.6 Å². The number of thiophene rings is 1. The summed E-state index contributed by atoms with van der Waals surface area (Å²) >= 11 is 13.3. The molecule has 1 N–H and O–H groups in total. The Morgan fingerprint density at radius 3 is 2.68 bits per heavy atom. The molecule has 0 aliphatic heterocycles. The molecular formula is C15H10Cl2N2O2S. The topological polar surface area (TPSA) is 55.1 Å². The van der Waals surface area contributed by atoms with E-state index in [-0.39, 0.29) is 12.5 Å². The van der Waals surface area contributed by atoms with Gasteiger partial charge in [0.25, 0.3) is 5.91 Å². The Bertz CT molecular complexity index is 779. The van der Waals surface area contributed by atoms with Crippen LogP contribution in [0.2, 0.25) is 10.0 Å². The third-order valence-electron chi connectivity index (χ3n) is 2.88. The molecule has 0 unspecified atom stereocenters. The second-order valence-corrected chi connectivity index (χ2v) is 6.32. The van der Waals surface area contributed by atoms with E-state index in [4.69, 9.17) is 27.7 Å². The standard InChI is InChI=1S/C15H10Cl2N2O2S/c16-10-4-9(5-11(17)6-10)15(20)18-8-12-7-13(21-19-12)14-2-1-3-22-14/h1-7H,8H2,(H,18,20). The molecule has 0 atom stereocenters. The van der Waals surface area contributed by atoms with Crippen molar-refractivity contribution in [3.05, 3.63) is 63.1 Å². The molecule has 2 heterocycles. The van der Waals surface area contributed by atoms with E-state index in [0.717, 1.165) is 4.88 Å². The van der Waals surface area contributed by atoms with Crippen molar-refractivity contribution in [1.29, 1.82) is 0 Å². The highest BCUT2D eigenvalue weighted by molar-refractivity contribution is 7.13. The van der Waals surface area contributed by atoms with Crippen LogP contribution in [0.3, 0.4) is 0 Å². The molecule has 0 bridgehead atoms. The quantitative estimate of drug-likeness (QED) is 0.743. The molecule has 1 aromatic carbocycles. The first kappa shape index (κ1) is 15.1. The second kappa shape index (κ2) is 6.52. The van der Waals surface area contributed by atoms with Gasteiger partial charge in [-0.15, -0.1) is 11.3 Å². The van der Waals surface area contributed by atoms with Crippen LogP contribution in [0.4, 0.5) is 0 Å². The largest absolute Gasteiger partial charge is 0.355 e. The summed E-state index contributed by atoms with van der Waals surface area (Å²) in [6, 6.07) is 10.4. The van der Waals surface area contributed by atoms with Gasteiger partial charge in [0.05, 0.1) is 11.4 Å². The number of nitrogens with one attached hydrogen (secondary N) is 1. The van der Waals surface area contributed by atoms with Crippen molar-refractivity contribution in [3.63, 3.8) is 0 Å². The average molecular weight is 353 g/mol. The summed E-state index contributed by atoms with van der Waals surface area (Å²) in [6.07, 6.45) is 0. The highest BCUT2D eigenvalue weighted by Gasteiger charge is 2.11. The fourth-order valence-corrected chi connectivity index (χ4v) is 3.09. The van der Waals surface area contributed by atoms with Gasteiger partial charge in [-0.2, -0.15) is 0 Å². The van der Waals surface area contributed by atoms with E-state index in [1.807, 2.05) is 17.5 Å². The molecule has 0 spiro atoms. The van der Waals surface area contributed by atoms with Gasteiger partial charge in [0.15, 0.2) is 5.76 Å². The molecule has 0 saturated carbocycles. The van der Waals surface area contributed by atoms with E-state index in [9.17, 15) is 4.79 Å². The van der Waals surface area contributed by atoms with Gasteiger partial charge in [-0.25, -0.2) is 0 Å². The lowest BCUT2D eigenvalue weighted by atomic mass is 10.2. The number of nitrogens with zero attached hydrogens (tertiary/aromatic N) is 1. The number of benzene rings is 1. The van der Waals surface area contributed by atoms with Crippen molar-refractivity contribution in [2.45, 2.75) is 6.54 Å². The van der Waals surface area contributed by atoms with Gasteiger partial charge in [-0.05, 0) is 29.6 Å². The fraction of sp³-hybridized carbons (Fsp3) is 0.0667. The summed E-state index contributed by atoms with van der Waals surface area (Å²) < 4.78 is 5.25. The highest BCUT2D eigenvalue weighted by atomic mass is 35.5. The van der Waals surface area contributed by atoms with Gasteiger partial charge in [-0.3, -0.25) is 4.79 Å². The first-order chi connectivity index (χ1) is 10.6. The molecule has 0 radical (unpaired) electrons. The van der Waals surface area contributed by atoms with E-state index < -0.39 is 0 Å². The molecule has 0 saturated heterocycles. The lowest BCUT2D eigenvalue weighted by Crippen LogP contribution is -2.22. The molecule has 1 amide bonds. The third kappa shape index (κ3) is 3.50. The summed E-state index contributed by atoms with van der Waals surface area (Å²) in [7, 11) is 0. The normalized spacial score (nSPS) is 10.6. The first-order valence-corrected chi connectivity index (χ1v) is 7.99. The predicted molar refractivity (Wildman–Crippen MR) is 87.4 cm³/mol. The van der Waals surface area contributed by atoms with Crippen LogP contribution in [-0.4, -0.2) is 11.1 Å². The lowest BCUT2D eigenvalue weighted by molar-refractivity contribution is 0.0950. The molecule has 22 heavy (non-hydrogen) atoms. The Labute approximate surface area is 140 Å². The minimum Gasteiger partial charge on any atom is -0.355 e. The van der Waals surface area contributed by atoms with E-state index in [1.54, 1.807) is 35.6 Å². The zero-order valence-electron chi connectivity index (χ0n) is 11.2. The van der Waals surface area contributed by atoms with Crippen molar-refractivity contribution in [2.75, 3.05) is 0 Å². The maximum Gasteiger partial charge on any atom is 0.251 e. The molecule has 0 fully saturated rings. The highest BCUT2D eigenvalue weighted by Crippen LogP contribution is 2.25. The number of aromatic nitrogens is 1. The van der Waals surface area contributed by atoms with E-state index in [0.29, 0.717) is 27.1 Å². The smallest absolute Gasteiger partial charge is 0.251 e. The number of carbonyl (C=O) groups excluding carboxylic acids is 1. The lowest BCUT2D eigenvalue weighted by Gasteiger charge is -2.04. The van der Waals surface area contributed by atoms with Gasteiger partial charge < -0.3 is 9.84 Å². The van der Waals surface area contributed by atoms with Crippen molar-refractivity contribution in [3.8, 4) is 10.6 Å². The zero-order chi connectivity index (χ0) is 15.5. The van der Waals surface area contributed by atoms with Crippen LogP contribution in [-0.2, 0) is 6.54 Å². The van der Waals surface area contributed by atoms with E-state index in [1.165, 1.54) is 0 Å². The molecule has 7 heteroatoms. The summed E-state index contributed by atoms with van der Waals surface area (Å²) in [5.74, 6) is 0.412. The van der Waals surface area contributed by atoms with Crippen molar-refractivity contribution >= 4 is 40.4 Å². The Balaban J connectivity index is 1.66.